The Morgan fingerprint density at radius 2 is 2.25 bits per heavy atom. The summed E-state index contributed by atoms with van der Waals surface area (Å²) in [4.78, 5) is 15.9. The molecule has 0 aromatic carbocycles. The number of halogens is 1. The van der Waals surface area contributed by atoms with Gasteiger partial charge in [0.05, 0.1) is 23.1 Å². The fourth-order valence-electron chi connectivity index (χ4n) is 2.35. The average molecular weight is 338 g/mol. The van der Waals surface area contributed by atoms with Crippen molar-refractivity contribution in [3.05, 3.63) is 22.0 Å². The van der Waals surface area contributed by atoms with Crippen molar-refractivity contribution in [2.45, 2.75) is 32.1 Å². The molecule has 0 bridgehead atoms. The highest BCUT2D eigenvalue weighted by molar-refractivity contribution is 9.12. The lowest BCUT2D eigenvalue weighted by atomic mass is 9.90. The summed E-state index contributed by atoms with van der Waals surface area (Å²) in [6, 6.07) is 1.90. The first-order valence-electron chi connectivity index (χ1n) is 6.68. The SMILES string of the molecule is N#CC(C(=O)OCC1CCCCC1)=C1NC=NC=C1Br. The predicted octanol–water partition coefficient (Wildman–Crippen LogP) is 2.76. The molecule has 0 amide bonds. The third-order valence-corrected chi connectivity index (χ3v) is 4.05. The van der Waals surface area contributed by atoms with Gasteiger partial charge in [-0.1, -0.05) is 19.3 Å². The van der Waals surface area contributed by atoms with Crippen LogP contribution in [0.1, 0.15) is 32.1 Å². The van der Waals surface area contributed by atoms with Crippen LogP contribution in [0.5, 0.6) is 0 Å². The number of carbonyl (C=O) groups excluding carboxylic acids is 1. The largest absolute Gasteiger partial charge is 0.461 e. The van der Waals surface area contributed by atoms with Crippen LogP contribution in [-0.4, -0.2) is 18.9 Å². The number of rotatable bonds is 3. The lowest BCUT2D eigenvalue weighted by molar-refractivity contribution is -0.140. The number of carbonyl (C=O) groups is 1. The molecule has 0 spiro atoms. The second-order valence-electron chi connectivity index (χ2n) is 4.86. The van der Waals surface area contributed by atoms with Gasteiger partial charge >= 0.3 is 5.97 Å². The molecule has 106 valence electrons. The highest BCUT2D eigenvalue weighted by atomic mass is 79.9. The van der Waals surface area contributed by atoms with Crippen LogP contribution in [0.25, 0.3) is 0 Å². The molecule has 1 fully saturated rings. The number of hydrogen-bond acceptors (Lipinski definition) is 5. The fraction of sp³-hybridized carbons (Fsp3) is 0.500. The maximum atomic E-state index is 12.0. The Kier molecular flexibility index (Phi) is 5.36. The normalized spacial score (nSPS) is 21.5. The Bertz CT molecular complexity index is 511. The van der Waals surface area contributed by atoms with Crippen molar-refractivity contribution in [3.8, 4) is 6.07 Å². The summed E-state index contributed by atoms with van der Waals surface area (Å²) >= 11 is 3.26. The van der Waals surface area contributed by atoms with Crippen molar-refractivity contribution in [1.29, 1.82) is 5.26 Å². The molecule has 20 heavy (non-hydrogen) atoms. The minimum Gasteiger partial charge on any atom is -0.461 e. The van der Waals surface area contributed by atoms with Gasteiger partial charge in [0.15, 0.2) is 5.57 Å². The summed E-state index contributed by atoms with van der Waals surface area (Å²) in [5, 5.41) is 12.0. The summed E-state index contributed by atoms with van der Waals surface area (Å²) in [7, 11) is 0. The van der Waals surface area contributed by atoms with Gasteiger partial charge in [-0.15, -0.1) is 0 Å². The minimum atomic E-state index is -0.582. The zero-order chi connectivity index (χ0) is 14.4. The zero-order valence-electron chi connectivity index (χ0n) is 11.1. The van der Waals surface area contributed by atoms with Crippen LogP contribution in [0.4, 0.5) is 0 Å². The molecule has 0 saturated heterocycles. The number of esters is 1. The van der Waals surface area contributed by atoms with Gasteiger partial charge in [-0.2, -0.15) is 5.26 Å². The van der Waals surface area contributed by atoms with Crippen LogP contribution in [-0.2, 0) is 9.53 Å². The molecule has 1 saturated carbocycles. The Hall–Kier alpha value is -1.61. The van der Waals surface area contributed by atoms with E-state index in [9.17, 15) is 4.79 Å². The number of allylic oxidation sites excluding steroid dienone is 1. The third kappa shape index (κ3) is 3.70. The highest BCUT2D eigenvalue weighted by Crippen LogP contribution is 2.25. The highest BCUT2D eigenvalue weighted by Gasteiger charge is 2.22. The second-order valence-corrected chi connectivity index (χ2v) is 5.72. The molecular formula is C14H16BrN3O2. The molecule has 2 aliphatic rings. The fourth-order valence-corrected chi connectivity index (χ4v) is 2.78. The number of nitriles is 1. The summed E-state index contributed by atoms with van der Waals surface area (Å²) in [5.74, 6) is -0.154. The van der Waals surface area contributed by atoms with E-state index in [1.54, 1.807) is 0 Å². The van der Waals surface area contributed by atoms with Crippen LogP contribution in [0, 0.1) is 17.2 Å². The molecule has 0 unspecified atom stereocenters. The van der Waals surface area contributed by atoms with Gasteiger partial charge in [0.1, 0.15) is 6.07 Å². The standard InChI is InChI=1S/C14H16BrN3O2/c15-12-7-17-9-18-13(12)11(6-16)14(19)20-8-10-4-2-1-3-5-10/h7,9-10H,1-5,8H2,(H,17,18). The van der Waals surface area contributed by atoms with Crippen LogP contribution in [0.3, 0.4) is 0 Å². The van der Waals surface area contributed by atoms with Gasteiger partial charge in [-0.25, -0.2) is 9.79 Å². The van der Waals surface area contributed by atoms with Gasteiger partial charge in [-0.3, -0.25) is 0 Å². The van der Waals surface area contributed by atoms with Crippen molar-refractivity contribution in [2.24, 2.45) is 10.9 Å². The number of nitrogens with zero attached hydrogens (tertiary/aromatic N) is 2. The van der Waals surface area contributed by atoms with Gasteiger partial charge in [0.25, 0.3) is 0 Å². The number of nitrogens with one attached hydrogen (secondary N) is 1. The van der Waals surface area contributed by atoms with Crippen molar-refractivity contribution >= 4 is 28.2 Å². The first-order chi connectivity index (χ1) is 9.72. The van der Waals surface area contributed by atoms with E-state index >= 15 is 0 Å². The maximum absolute atomic E-state index is 12.0. The van der Waals surface area contributed by atoms with Gasteiger partial charge < -0.3 is 10.1 Å². The second kappa shape index (κ2) is 7.25. The van der Waals surface area contributed by atoms with E-state index < -0.39 is 5.97 Å². The zero-order valence-corrected chi connectivity index (χ0v) is 12.6. The maximum Gasteiger partial charge on any atom is 0.351 e. The molecule has 0 atom stereocenters. The number of ether oxygens (including phenoxy) is 1. The van der Waals surface area contributed by atoms with Gasteiger partial charge in [0, 0.05) is 6.20 Å². The van der Waals surface area contributed by atoms with Crippen molar-refractivity contribution in [3.63, 3.8) is 0 Å². The Morgan fingerprint density at radius 3 is 2.90 bits per heavy atom. The van der Waals surface area contributed by atoms with E-state index in [2.05, 4.69) is 26.2 Å². The molecule has 0 radical (unpaired) electrons. The van der Waals surface area contributed by atoms with E-state index in [0.29, 0.717) is 22.7 Å². The number of hydrogen-bond donors (Lipinski definition) is 1. The molecule has 1 aliphatic carbocycles. The monoisotopic (exact) mass is 337 g/mol. The first kappa shape index (κ1) is 14.8. The van der Waals surface area contributed by atoms with Crippen LogP contribution in [0.2, 0.25) is 0 Å². The predicted molar refractivity (Wildman–Crippen MR) is 78.8 cm³/mol. The Morgan fingerprint density at radius 1 is 1.50 bits per heavy atom. The Balaban J connectivity index is 1.99. The minimum absolute atomic E-state index is 0.0323. The van der Waals surface area contributed by atoms with Crippen molar-refractivity contribution < 1.29 is 9.53 Å². The van der Waals surface area contributed by atoms with Crippen molar-refractivity contribution in [1.82, 2.24) is 5.32 Å². The van der Waals surface area contributed by atoms with Crippen LogP contribution < -0.4 is 5.32 Å². The molecular weight excluding hydrogens is 322 g/mol. The molecule has 2 rings (SSSR count). The average Bonchev–Trinajstić information content (AvgIpc) is 2.49. The van der Waals surface area contributed by atoms with E-state index in [0.717, 1.165) is 12.8 Å². The smallest absolute Gasteiger partial charge is 0.351 e. The number of aliphatic imine (C=N–C) groups is 1. The van der Waals surface area contributed by atoms with Crippen molar-refractivity contribution in [2.75, 3.05) is 6.61 Å². The lowest BCUT2D eigenvalue weighted by Gasteiger charge is -2.21. The molecule has 5 nitrogen and oxygen atoms in total. The molecule has 1 heterocycles. The summed E-state index contributed by atoms with van der Waals surface area (Å²) in [6.45, 7) is 0.396. The molecule has 6 heteroatoms. The summed E-state index contributed by atoms with van der Waals surface area (Å²) in [6.07, 6.45) is 8.80. The third-order valence-electron chi connectivity index (χ3n) is 3.45. The quantitative estimate of drug-likeness (QED) is 0.488. The van der Waals surface area contributed by atoms with E-state index in [1.165, 1.54) is 31.8 Å². The molecule has 1 N–H and O–H groups in total. The van der Waals surface area contributed by atoms with E-state index in [4.69, 9.17) is 10.00 Å². The van der Waals surface area contributed by atoms with E-state index in [1.807, 2.05) is 6.07 Å². The van der Waals surface area contributed by atoms with Crippen LogP contribution >= 0.6 is 15.9 Å². The Labute approximate surface area is 126 Å². The lowest BCUT2D eigenvalue weighted by Crippen LogP contribution is -2.22. The van der Waals surface area contributed by atoms with Gasteiger partial charge in [0.2, 0.25) is 0 Å². The summed E-state index contributed by atoms with van der Waals surface area (Å²) < 4.78 is 5.85. The van der Waals surface area contributed by atoms with Gasteiger partial charge in [-0.05, 0) is 34.7 Å². The molecule has 1 aliphatic heterocycles. The topological polar surface area (TPSA) is 74.5 Å². The molecule has 0 aromatic heterocycles. The van der Waals surface area contributed by atoms with E-state index in [-0.39, 0.29) is 5.57 Å². The summed E-state index contributed by atoms with van der Waals surface area (Å²) in [5.41, 5.74) is 0.367. The first-order valence-corrected chi connectivity index (χ1v) is 7.47. The molecule has 0 aromatic rings. The van der Waals surface area contributed by atoms with Crippen LogP contribution in [0.15, 0.2) is 26.9 Å².